The molecule has 1 aromatic heterocycles. The summed E-state index contributed by atoms with van der Waals surface area (Å²) in [6, 6.07) is 16.7. The van der Waals surface area contributed by atoms with Gasteiger partial charge in [0.1, 0.15) is 5.75 Å². The number of ether oxygens (including phenoxy) is 2. The summed E-state index contributed by atoms with van der Waals surface area (Å²) in [4.78, 5) is 32.2. The van der Waals surface area contributed by atoms with Gasteiger partial charge in [-0.15, -0.1) is 0 Å². The van der Waals surface area contributed by atoms with Gasteiger partial charge in [-0.2, -0.15) is 0 Å². The van der Waals surface area contributed by atoms with E-state index in [-0.39, 0.29) is 18.5 Å². The number of carbonyl (C=O) groups excluding carboxylic acids is 2. The van der Waals surface area contributed by atoms with Gasteiger partial charge in [0.15, 0.2) is 12.4 Å². The standard InChI is InChI=1S/C27H30N2O5/c1-3-4-16-29-25(30)15-14-21(26(29)20-12-8-9-13-22(20)32-2)27(31)33-18-24-28-17-23(34-24)19-10-6-5-7-11-19/h5-13,17,21,26H,3-4,14-16,18H2,1-2H3. The van der Waals surface area contributed by atoms with Crippen LogP contribution in [0.2, 0.25) is 0 Å². The number of esters is 1. The normalized spacial score (nSPS) is 18.1. The first-order valence-corrected chi connectivity index (χ1v) is 11.7. The third-order valence-corrected chi connectivity index (χ3v) is 6.17. The van der Waals surface area contributed by atoms with Gasteiger partial charge in [-0.05, 0) is 18.9 Å². The predicted molar refractivity (Wildman–Crippen MR) is 127 cm³/mol. The van der Waals surface area contributed by atoms with Crippen molar-refractivity contribution in [3.05, 3.63) is 72.2 Å². The van der Waals surface area contributed by atoms with Gasteiger partial charge in [-0.25, -0.2) is 4.98 Å². The van der Waals surface area contributed by atoms with Crippen molar-refractivity contribution < 1.29 is 23.5 Å². The average Bonchev–Trinajstić information content (AvgIpc) is 3.36. The fourth-order valence-corrected chi connectivity index (χ4v) is 4.44. The van der Waals surface area contributed by atoms with Crippen molar-refractivity contribution in [1.29, 1.82) is 0 Å². The van der Waals surface area contributed by atoms with Gasteiger partial charge < -0.3 is 18.8 Å². The Bertz CT molecular complexity index is 1110. The Morgan fingerprint density at radius 1 is 1.15 bits per heavy atom. The minimum absolute atomic E-state index is 0.0496. The molecule has 0 bridgehead atoms. The Morgan fingerprint density at radius 2 is 1.91 bits per heavy atom. The third-order valence-electron chi connectivity index (χ3n) is 6.17. The van der Waals surface area contributed by atoms with Crippen molar-refractivity contribution >= 4 is 11.9 Å². The minimum Gasteiger partial charge on any atom is -0.496 e. The lowest BCUT2D eigenvalue weighted by molar-refractivity contribution is -0.159. The molecule has 178 valence electrons. The summed E-state index contributed by atoms with van der Waals surface area (Å²) in [6.07, 6.45) is 4.17. The molecule has 1 aliphatic rings. The lowest BCUT2D eigenvalue weighted by atomic mass is 9.83. The predicted octanol–water partition coefficient (Wildman–Crippen LogP) is 5.17. The van der Waals surface area contributed by atoms with Crippen LogP contribution in [0, 0.1) is 5.92 Å². The maximum Gasteiger partial charge on any atom is 0.311 e. The summed E-state index contributed by atoms with van der Waals surface area (Å²) in [7, 11) is 1.60. The lowest BCUT2D eigenvalue weighted by Gasteiger charge is -2.40. The molecule has 1 amide bonds. The summed E-state index contributed by atoms with van der Waals surface area (Å²) >= 11 is 0. The van der Waals surface area contributed by atoms with Gasteiger partial charge in [0, 0.05) is 24.1 Å². The molecule has 0 N–H and O–H groups in total. The Morgan fingerprint density at radius 3 is 2.68 bits per heavy atom. The summed E-state index contributed by atoms with van der Waals surface area (Å²) < 4.78 is 17.0. The zero-order valence-corrected chi connectivity index (χ0v) is 19.6. The Hall–Kier alpha value is -3.61. The second-order valence-electron chi connectivity index (χ2n) is 8.36. The van der Waals surface area contributed by atoms with Crippen LogP contribution in [-0.2, 0) is 20.9 Å². The minimum atomic E-state index is -0.505. The Labute approximate surface area is 199 Å². The van der Waals surface area contributed by atoms with Crippen LogP contribution in [0.3, 0.4) is 0 Å². The van der Waals surface area contributed by atoms with Crippen LogP contribution in [0.25, 0.3) is 11.3 Å². The molecule has 2 atom stereocenters. The number of carbonyl (C=O) groups is 2. The van der Waals surface area contributed by atoms with E-state index < -0.39 is 12.0 Å². The number of methoxy groups -OCH3 is 1. The maximum absolute atomic E-state index is 13.3. The molecule has 0 aliphatic carbocycles. The van der Waals surface area contributed by atoms with E-state index in [0.29, 0.717) is 36.8 Å². The number of para-hydroxylation sites is 1. The number of benzene rings is 2. The van der Waals surface area contributed by atoms with Crippen molar-refractivity contribution in [1.82, 2.24) is 9.88 Å². The van der Waals surface area contributed by atoms with Gasteiger partial charge in [0.05, 0.1) is 25.3 Å². The van der Waals surface area contributed by atoms with Crippen LogP contribution in [-0.4, -0.2) is 35.4 Å². The van der Waals surface area contributed by atoms with Crippen LogP contribution in [0.5, 0.6) is 5.75 Å². The second-order valence-corrected chi connectivity index (χ2v) is 8.36. The van der Waals surface area contributed by atoms with Crippen molar-refractivity contribution in [2.24, 2.45) is 5.92 Å². The molecule has 7 nitrogen and oxygen atoms in total. The summed E-state index contributed by atoms with van der Waals surface area (Å²) in [5, 5.41) is 0. The van der Waals surface area contributed by atoms with Gasteiger partial charge in [0.2, 0.25) is 11.8 Å². The molecular formula is C27H30N2O5. The van der Waals surface area contributed by atoms with Gasteiger partial charge >= 0.3 is 5.97 Å². The zero-order valence-electron chi connectivity index (χ0n) is 19.6. The van der Waals surface area contributed by atoms with Crippen LogP contribution >= 0.6 is 0 Å². The highest BCUT2D eigenvalue weighted by molar-refractivity contribution is 5.82. The lowest BCUT2D eigenvalue weighted by Crippen LogP contribution is -2.46. The molecule has 0 spiro atoms. The van der Waals surface area contributed by atoms with Crippen LogP contribution in [0.15, 0.2) is 65.2 Å². The number of amides is 1. The van der Waals surface area contributed by atoms with Crippen LogP contribution in [0.4, 0.5) is 0 Å². The smallest absolute Gasteiger partial charge is 0.311 e. The average molecular weight is 463 g/mol. The van der Waals surface area contributed by atoms with Crippen molar-refractivity contribution in [3.63, 3.8) is 0 Å². The van der Waals surface area contributed by atoms with E-state index in [1.54, 1.807) is 13.3 Å². The molecule has 1 fully saturated rings. The molecule has 2 aromatic carbocycles. The quantitative estimate of drug-likeness (QED) is 0.408. The first-order valence-electron chi connectivity index (χ1n) is 11.7. The maximum atomic E-state index is 13.3. The molecule has 4 rings (SSSR count). The molecule has 2 unspecified atom stereocenters. The van der Waals surface area contributed by atoms with Gasteiger partial charge in [0.25, 0.3) is 0 Å². The molecule has 1 aliphatic heterocycles. The molecule has 34 heavy (non-hydrogen) atoms. The summed E-state index contributed by atoms with van der Waals surface area (Å²) in [5.74, 6) is 0.775. The van der Waals surface area contributed by atoms with Crippen molar-refractivity contribution in [2.45, 2.75) is 45.3 Å². The number of piperidine rings is 1. The van der Waals surface area contributed by atoms with E-state index in [1.807, 2.05) is 59.5 Å². The van der Waals surface area contributed by atoms with Crippen LogP contribution in [0.1, 0.15) is 50.1 Å². The first kappa shape index (κ1) is 23.5. The van der Waals surface area contributed by atoms with Crippen LogP contribution < -0.4 is 4.74 Å². The summed E-state index contributed by atoms with van der Waals surface area (Å²) in [6.45, 7) is 2.60. The number of rotatable bonds is 9. The number of hydrogen-bond acceptors (Lipinski definition) is 6. The molecular weight excluding hydrogens is 432 g/mol. The third kappa shape index (κ3) is 5.14. The molecule has 7 heteroatoms. The topological polar surface area (TPSA) is 81.9 Å². The first-order chi connectivity index (χ1) is 16.6. The Kier molecular flexibility index (Phi) is 7.62. The fraction of sp³-hybridized carbons (Fsp3) is 0.370. The van der Waals surface area contributed by atoms with E-state index in [1.165, 1.54) is 0 Å². The van der Waals surface area contributed by atoms with E-state index in [9.17, 15) is 9.59 Å². The summed E-state index contributed by atoms with van der Waals surface area (Å²) in [5.41, 5.74) is 1.72. The molecule has 0 saturated carbocycles. The SMILES string of the molecule is CCCCN1C(=O)CCC(C(=O)OCc2ncc(-c3ccccc3)o2)C1c1ccccc1OC. The van der Waals surface area contributed by atoms with Crippen molar-refractivity contribution in [3.8, 4) is 17.1 Å². The zero-order chi connectivity index (χ0) is 23.9. The highest BCUT2D eigenvalue weighted by atomic mass is 16.5. The number of likely N-dealkylation sites (tertiary alicyclic amines) is 1. The fourth-order valence-electron chi connectivity index (χ4n) is 4.44. The monoisotopic (exact) mass is 462 g/mol. The highest BCUT2D eigenvalue weighted by Crippen LogP contribution is 2.41. The second kappa shape index (κ2) is 11.0. The molecule has 3 aromatic rings. The van der Waals surface area contributed by atoms with Gasteiger partial charge in [-0.1, -0.05) is 61.9 Å². The number of nitrogens with zero attached hydrogens (tertiary/aromatic N) is 2. The number of oxazole rings is 1. The molecule has 2 heterocycles. The van der Waals surface area contributed by atoms with E-state index in [4.69, 9.17) is 13.9 Å². The van der Waals surface area contributed by atoms with E-state index >= 15 is 0 Å². The van der Waals surface area contributed by atoms with E-state index in [0.717, 1.165) is 24.0 Å². The molecule has 0 radical (unpaired) electrons. The van der Waals surface area contributed by atoms with Crippen molar-refractivity contribution in [2.75, 3.05) is 13.7 Å². The number of unbranched alkanes of at least 4 members (excludes halogenated alkanes) is 1. The number of aromatic nitrogens is 1. The highest BCUT2D eigenvalue weighted by Gasteiger charge is 2.42. The molecule has 1 saturated heterocycles. The Balaban J connectivity index is 1.54. The van der Waals surface area contributed by atoms with E-state index in [2.05, 4.69) is 11.9 Å². The largest absolute Gasteiger partial charge is 0.496 e. The van der Waals surface area contributed by atoms with Gasteiger partial charge in [-0.3, -0.25) is 9.59 Å². The number of hydrogen-bond donors (Lipinski definition) is 0.